The fourth-order valence-corrected chi connectivity index (χ4v) is 5.11. The zero-order valence-corrected chi connectivity index (χ0v) is 21.1. The highest BCUT2D eigenvalue weighted by Gasteiger charge is 2.26. The van der Waals surface area contributed by atoms with Crippen LogP contribution in [0.3, 0.4) is 0 Å². The smallest absolute Gasteiger partial charge is 0.331 e. The molecule has 1 atom stereocenters. The number of aromatic nitrogens is 4. The van der Waals surface area contributed by atoms with Crippen molar-refractivity contribution in [1.82, 2.24) is 18.7 Å². The van der Waals surface area contributed by atoms with E-state index in [-0.39, 0.29) is 24.7 Å². The molecular formula is C29H30N4O3. The van der Waals surface area contributed by atoms with E-state index in [1.54, 1.807) is 16.1 Å². The number of nitrogens with zero attached hydrogens (tertiary/aromatic N) is 4. The third-order valence-electron chi connectivity index (χ3n) is 6.74. The summed E-state index contributed by atoms with van der Waals surface area (Å²) in [6.07, 6.45) is 2.13. The first-order valence-corrected chi connectivity index (χ1v) is 12.2. The third kappa shape index (κ3) is 4.11. The molecule has 0 aliphatic heterocycles. The van der Waals surface area contributed by atoms with Crippen molar-refractivity contribution in [2.45, 2.75) is 39.8 Å². The van der Waals surface area contributed by atoms with Crippen molar-refractivity contribution < 1.29 is 9.53 Å². The van der Waals surface area contributed by atoms with Crippen LogP contribution in [0.1, 0.15) is 41.8 Å². The predicted molar refractivity (Wildman–Crippen MR) is 141 cm³/mol. The molecule has 3 heterocycles. The van der Waals surface area contributed by atoms with Gasteiger partial charge in [-0.25, -0.2) is 9.78 Å². The highest BCUT2D eigenvalue weighted by Crippen LogP contribution is 2.28. The van der Waals surface area contributed by atoms with Crippen molar-refractivity contribution in [3.63, 3.8) is 0 Å². The average molecular weight is 483 g/mol. The molecule has 0 bridgehead atoms. The van der Waals surface area contributed by atoms with E-state index >= 15 is 0 Å². The number of hydrogen-bond donors (Lipinski definition) is 0. The second-order valence-electron chi connectivity index (χ2n) is 9.20. The van der Waals surface area contributed by atoms with E-state index in [4.69, 9.17) is 9.72 Å². The number of pyridine rings is 1. The number of benzene rings is 2. The summed E-state index contributed by atoms with van der Waals surface area (Å²) in [4.78, 5) is 31.5. The molecule has 0 spiro atoms. The minimum Gasteiger partial charge on any atom is -0.466 e. The Balaban J connectivity index is 1.72. The van der Waals surface area contributed by atoms with Crippen molar-refractivity contribution >= 4 is 28.0 Å². The van der Waals surface area contributed by atoms with Gasteiger partial charge >= 0.3 is 11.7 Å². The van der Waals surface area contributed by atoms with Gasteiger partial charge in [0.1, 0.15) is 0 Å². The molecule has 0 fully saturated rings. The van der Waals surface area contributed by atoms with E-state index in [9.17, 15) is 9.59 Å². The highest BCUT2D eigenvalue weighted by atomic mass is 16.5. The third-order valence-corrected chi connectivity index (χ3v) is 6.74. The second kappa shape index (κ2) is 9.49. The van der Waals surface area contributed by atoms with Crippen LogP contribution in [0.2, 0.25) is 0 Å². The summed E-state index contributed by atoms with van der Waals surface area (Å²) < 4.78 is 10.8. The Morgan fingerprint density at radius 2 is 1.78 bits per heavy atom. The molecule has 184 valence electrons. The van der Waals surface area contributed by atoms with Crippen molar-refractivity contribution in [2.75, 3.05) is 6.61 Å². The van der Waals surface area contributed by atoms with Gasteiger partial charge in [0.25, 0.3) is 0 Å². The standard InChI is InChI=1S/C29H30N4O3/c1-5-36-26(34)16-25(21-11-7-6-8-12-21)33-28-24(15-14-20(3)30-28)32(29(33)35)18-22-17-31(4)23-13-9-10-19(2)27(22)23/h6-15,17,25H,5,16,18H2,1-4H3. The number of carbonyl (C=O) groups is 1. The average Bonchev–Trinajstić information content (AvgIpc) is 3.32. The first-order chi connectivity index (χ1) is 17.4. The Labute approximate surface area is 209 Å². The molecular weight excluding hydrogens is 452 g/mol. The summed E-state index contributed by atoms with van der Waals surface area (Å²) in [5.41, 5.74) is 6.11. The van der Waals surface area contributed by atoms with Crippen LogP contribution in [-0.2, 0) is 23.1 Å². The monoisotopic (exact) mass is 482 g/mol. The molecule has 1 unspecified atom stereocenters. The Bertz CT molecular complexity index is 1630. The van der Waals surface area contributed by atoms with Crippen LogP contribution in [0.5, 0.6) is 0 Å². The summed E-state index contributed by atoms with van der Waals surface area (Å²) in [6, 6.07) is 19.2. The molecule has 0 aliphatic rings. The molecule has 3 aromatic heterocycles. The van der Waals surface area contributed by atoms with E-state index in [1.165, 1.54) is 5.56 Å². The van der Waals surface area contributed by atoms with Crippen LogP contribution in [0.15, 0.2) is 71.7 Å². The number of hydrogen-bond acceptors (Lipinski definition) is 4. The largest absolute Gasteiger partial charge is 0.466 e. The fourth-order valence-electron chi connectivity index (χ4n) is 5.11. The topological polar surface area (TPSA) is 71.0 Å². The molecule has 5 aromatic rings. The van der Waals surface area contributed by atoms with Gasteiger partial charge in [-0.2, -0.15) is 0 Å². The van der Waals surface area contributed by atoms with Crippen molar-refractivity contribution in [3.05, 3.63) is 99.7 Å². The van der Waals surface area contributed by atoms with E-state index in [2.05, 4.69) is 29.8 Å². The number of fused-ring (bicyclic) bond motifs is 2. The zero-order chi connectivity index (χ0) is 25.4. The maximum Gasteiger partial charge on any atom is 0.331 e. The van der Waals surface area contributed by atoms with Crippen LogP contribution < -0.4 is 5.69 Å². The van der Waals surface area contributed by atoms with Gasteiger partial charge in [-0.15, -0.1) is 0 Å². The Hall–Kier alpha value is -4.13. The van der Waals surface area contributed by atoms with Gasteiger partial charge in [-0.3, -0.25) is 13.9 Å². The molecule has 0 saturated carbocycles. The summed E-state index contributed by atoms with van der Waals surface area (Å²) in [7, 11) is 2.02. The number of ether oxygens (including phenoxy) is 1. The fraction of sp³-hybridized carbons (Fsp3) is 0.276. The van der Waals surface area contributed by atoms with Crippen LogP contribution in [0, 0.1) is 13.8 Å². The van der Waals surface area contributed by atoms with Gasteiger partial charge in [0.2, 0.25) is 0 Å². The van der Waals surface area contributed by atoms with E-state index < -0.39 is 6.04 Å². The van der Waals surface area contributed by atoms with Crippen molar-refractivity contribution in [2.24, 2.45) is 7.05 Å². The molecule has 5 rings (SSSR count). The lowest BCUT2D eigenvalue weighted by atomic mass is 10.0. The first-order valence-electron chi connectivity index (χ1n) is 12.2. The maximum atomic E-state index is 14.1. The SMILES string of the molecule is CCOC(=O)CC(c1ccccc1)n1c(=O)n(Cc2cn(C)c3cccc(C)c23)c2ccc(C)nc21. The molecule has 0 radical (unpaired) electrons. The zero-order valence-electron chi connectivity index (χ0n) is 21.1. The van der Waals surface area contributed by atoms with Crippen LogP contribution in [0.25, 0.3) is 22.1 Å². The predicted octanol–water partition coefficient (Wildman–Crippen LogP) is 4.90. The summed E-state index contributed by atoms with van der Waals surface area (Å²) >= 11 is 0. The van der Waals surface area contributed by atoms with Crippen molar-refractivity contribution in [1.29, 1.82) is 0 Å². The van der Waals surface area contributed by atoms with Crippen LogP contribution in [0.4, 0.5) is 0 Å². The molecule has 0 N–H and O–H groups in total. The lowest BCUT2D eigenvalue weighted by Crippen LogP contribution is -2.30. The number of carbonyl (C=O) groups excluding carboxylic acids is 1. The Morgan fingerprint density at radius 1 is 1.00 bits per heavy atom. The van der Waals surface area contributed by atoms with E-state index in [1.807, 2.05) is 62.5 Å². The minimum absolute atomic E-state index is 0.0415. The molecule has 0 amide bonds. The van der Waals surface area contributed by atoms with Crippen molar-refractivity contribution in [3.8, 4) is 0 Å². The van der Waals surface area contributed by atoms with Crippen LogP contribution in [-0.4, -0.2) is 31.3 Å². The van der Waals surface area contributed by atoms with Gasteiger partial charge in [0.15, 0.2) is 5.65 Å². The summed E-state index contributed by atoms with van der Waals surface area (Å²) in [5, 5.41) is 1.15. The molecule has 2 aromatic carbocycles. The van der Waals surface area contributed by atoms with Gasteiger partial charge in [-0.05, 0) is 55.7 Å². The Morgan fingerprint density at radius 3 is 2.53 bits per heavy atom. The van der Waals surface area contributed by atoms with Gasteiger partial charge in [0, 0.05) is 29.8 Å². The normalized spacial score (nSPS) is 12.3. The van der Waals surface area contributed by atoms with Gasteiger partial charge < -0.3 is 9.30 Å². The quantitative estimate of drug-likeness (QED) is 0.310. The number of esters is 1. The summed E-state index contributed by atoms with van der Waals surface area (Å²) in [6.45, 7) is 6.46. The molecule has 0 aliphatic carbocycles. The van der Waals surface area contributed by atoms with Crippen LogP contribution >= 0.6 is 0 Å². The Kier molecular flexibility index (Phi) is 6.22. The molecule has 0 saturated heterocycles. The maximum absolute atomic E-state index is 14.1. The highest BCUT2D eigenvalue weighted by molar-refractivity contribution is 5.87. The number of rotatable bonds is 7. The summed E-state index contributed by atoms with van der Waals surface area (Å²) in [5.74, 6) is -0.350. The first kappa shape index (κ1) is 23.6. The molecule has 36 heavy (non-hydrogen) atoms. The van der Waals surface area contributed by atoms with Gasteiger partial charge in [-0.1, -0.05) is 42.5 Å². The van der Waals surface area contributed by atoms with E-state index in [0.29, 0.717) is 12.2 Å². The molecule has 7 heteroatoms. The second-order valence-corrected chi connectivity index (χ2v) is 9.20. The van der Waals surface area contributed by atoms with E-state index in [0.717, 1.165) is 33.2 Å². The molecule has 7 nitrogen and oxygen atoms in total. The lowest BCUT2D eigenvalue weighted by molar-refractivity contribution is -0.143. The minimum atomic E-state index is -0.537. The lowest BCUT2D eigenvalue weighted by Gasteiger charge is -2.18. The van der Waals surface area contributed by atoms with Gasteiger partial charge in [0.05, 0.1) is 31.1 Å². The number of imidazole rings is 1. The number of aryl methyl sites for hydroxylation is 3.